The van der Waals surface area contributed by atoms with Crippen molar-refractivity contribution in [3.63, 3.8) is 0 Å². The Morgan fingerprint density at radius 2 is 1.83 bits per heavy atom. The number of ether oxygens (including phenoxy) is 2. The molecule has 1 saturated heterocycles. The van der Waals surface area contributed by atoms with E-state index >= 15 is 0 Å². The predicted octanol–water partition coefficient (Wildman–Crippen LogP) is 4.06. The SMILES string of the molecule is COCC1=CCCCC12OOC1(OO2)C(C)CC2(O)CC(C)CC1C2.Nc1ccc(OC=O)cc1. The molecule has 1 aromatic carbocycles. The summed E-state index contributed by atoms with van der Waals surface area (Å²) in [7, 11) is 1.66. The van der Waals surface area contributed by atoms with Crippen molar-refractivity contribution in [2.75, 3.05) is 19.5 Å². The molecule has 3 fully saturated rings. The molecule has 4 aliphatic rings. The minimum Gasteiger partial charge on any atom is -0.429 e. The molecule has 0 aromatic heterocycles. The number of rotatable bonds is 4. The number of benzene rings is 1. The second-order valence-electron chi connectivity index (χ2n) is 10.4. The van der Waals surface area contributed by atoms with Crippen molar-refractivity contribution < 1.29 is 38.9 Å². The van der Waals surface area contributed by atoms with Gasteiger partial charge in [-0.25, -0.2) is 0 Å². The standard InChI is InChI=1S/C19H30O6.C7H7NO2/c1-13-8-16-11-17(20,9-13)10-14(2)19(16)24-22-18(23-25-19)7-5-4-6-15(18)12-21-3;8-6-1-3-7(4-2-6)10-5-9/h6,13-14,16,20H,4-5,7-12H2,1-3H3;1-5H,8H2. The highest BCUT2D eigenvalue weighted by atomic mass is 17.4. The molecule has 2 bridgehead atoms. The average Bonchev–Trinajstić information content (AvgIpc) is 2.82. The van der Waals surface area contributed by atoms with Crippen molar-refractivity contribution in [2.45, 2.75) is 76.0 Å². The quantitative estimate of drug-likeness (QED) is 0.278. The third-order valence-electron chi connectivity index (χ3n) is 7.55. The third kappa shape index (κ3) is 5.40. The molecule has 4 unspecified atom stereocenters. The monoisotopic (exact) mass is 491 g/mol. The Labute approximate surface area is 206 Å². The van der Waals surface area contributed by atoms with Crippen LogP contribution in [0.3, 0.4) is 0 Å². The highest BCUT2D eigenvalue weighted by Crippen LogP contribution is 2.56. The normalized spacial score (nSPS) is 38.3. The van der Waals surface area contributed by atoms with E-state index in [0.29, 0.717) is 49.7 Å². The summed E-state index contributed by atoms with van der Waals surface area (Å²) in [4.78, 5) is 33.7. The summed E-state index contributed by atoms with van der Waals surface area (Å²) >= 11 is 0. The number of hydrogen-bond donors (Lipinski definition) is 2. The van der Waals surface area contributed by atoms with Gasteiger partial charge in [-0.2, -0.15) is 19.6 Å². The number of nitrogen functional groups attached to an aromatic ring is 1. The van der Waals surface area contributed by atoms with Gasteiger partial charge in [-0.3, -0.25) is 4.79 Å². The zero-order chi connectivity index (χ0) is 25.1. The van der Waals surface area contributed by atoms with Crippen LogP contribution in [-0.2, 0) is 29.1 Å². The lowest BCUT2D eigenvalue weighted by Gasteiger charge is -2.57. The molecule has 0 amide bonds. The third-order valence-corrected chi connectivity index (χ3v) is 7.55. The van der Waals surface area contributed by atoms with E-state index in [1.165, 1.54) is 0 Å². The van der Waals surface area contributed by atoms with Crippen LogP contribution in [0.5, 0.6) is 5.75 Å². The Kier molecular flexibility index (Phi) is 7.85. The van der Waals surface area contributed by atoms with Crippen molar-refractivity contribution in [1.29, 1.82) is 0 Å². The Bertz CT molecular complexity index is 891. The summed E-state index contributed by atoms with van der Waals surface area (Å²) in [6.07, 6.45) is 7.77. The molecule has 2 saturated carbocycles. The van der Waals surface area contributed by atoms with E-state index in [0.717, 1.165) is 31.3 Å². The van der Waals surface area contributed by atoms with Gasteiger partial charge in [0, 0.05) is 36.6 Å². The second kappa shape index (κ2) is 10.5. The first kappa shape index (κ1) is 26.1. The lowest BCUT2D eigenvalue weighted by atomic mass is 9.60. The van der Waals surface area contributed by atoms with Gasteiger partial charge >= 0.3 is 0 Å². The lowest BCUT2D eigenvalue weighted by Crippen LogP contribution is -2.64. The minimum atomic E-state index is -1.01. The van der Waals surface area contributed by atoms with Crippen molar-refractivity contribution >= 4 is 12.2 Å². The van der Waals surface area contributed by atoms with E-state index in [4.69, 9.17) is 30.0 Å². The molecule has 1 heterocycles. The molecule has 5 rings (SSSR count). The van der Waals surface area contributed by atoms with Crippen LogP contribution in [0.15, 0.2) is 35.9 Å². The number of aliphatic hydroxyl groups is 1. The van der Waals surface area contributed by atoms with Crippen LogP contribution < -0.4 is 10.5 Å². The first-order valence-corrected chi connectivity index (χ1v) is 12.3. The van der Waals surface area contributed by atoms with Crippen molar-refractivity contribution in [3.05, 3.63) is 35.9 Å². The highest BCUT2D eigenvalue weighted by Gasteiger charge is 2.63. The molecule has 1 aliphatic heterocycles. The van der Waals surface area contributed by atoms with Crippen molar-refractivity contribution in [1.82, 2.24) is 0 Å². The maximum Gasteiger partial charge on any atom is 0.298 e. The second-order valence-corrected chi connectivity index (χ2v) is 10.4. The molecule has 194 valence electrons. The number of hydrogen-bond acceptors (Lipinski definition) is 9. The van der Waals surface area contributed by atoms with Crippen LogP contribution >= 0.6 is 0 Å². The first-order valence-electron chi connectivity index (χ1n) is 12.3. The summed E-state index contributed by atoms with van der Waals surface area (Å²) in [5.74, 6) is -0.978. The molecular weight excluding hydrogens is 454 g/mol. The molecule has 9 nitrogen and oxygen atoms in total. The Morgan fingerprint density at radius 3 is 2.49 bits per heavy atom. The molecule has 3 aliphatic carbocycles. The van der Waals surface area contributed by atoms with Gasteiger partial charge in [-0.15, -0.1) is 0 Å². The van der Waals surface area contributed by atoms with Crippen LogP contribution in [0.2, 0.25) is 0 Å². The zero-order valence-electron chi connectivity index (χ0n) is 20.7. The topological polar surface area (TPSA) is 119 Å². The number of allylic oxidation sites excluding steroid dienone is 1. The highest BCUT2D eigenvalue weighted by molar-refractivity contribution is 5.48. The fourth-order valence-corrected chi connectivity index (χ4v) is 6.07. The summed E-state index contributed by atoms with van der Waals surface area (Å²) < 4.78 is 9.81. The van der Waals surface area contributed by atoms with Crippen molar-refractivity contribution in [2.24, 2.45) is 17.8 Å². The largest absolute Gasteiger partial charge is 0.429 e. The van der Waals surface area contributed by atoms with Crippen LogP contribution in [0, 0.1) is 17.8 Å². The van der Waals surface area contributed by atoms with E-state index in [1.54, 1.807) is 31.4 Å². The number of methoxy groups -OCH3 is 1. The van der Waals surface area contributed by atoms with E-state index in [-0.39, 0.29) is 11.8 Å². The van der Waals surface area contributed by atoms with Gasteiger partial charge < -0.3 is 20.3 Å². The van der Waals surface area contributed by atoms with E-state index in [2.05, 4.69) is 17.7 Å². The van der Waals surface area contributed by atoms with E-state index in [9.17, 15) is 9.90 Å². The molecule has 9 heteroatoms. The zero-order valence-corrected chi connectivity index (χ0v) is 20.7. The van der Waals surface area contributed by atoms with Gasteiger partial charge in [-0.05, 0) is 68.7 Å². The smallest absolute Gasteiger partial charge is 0.298 e. The van der Waals surface area contributed by atoms with E-state index in [1.807, 2.05) is 6.92 Å². The fraction of sp³-hybridized carbons (Fsp3) is 0.654. The lowest BCUT2D eigenvalue weighted by molar-refractivity contribution is -0.669. The number of nitrogens with two attached hydrogens (primary N) is 1. The van der Waals surface area contributed by atoms with E-state index < -0.39 is 17.2 Å². The van der Waals surface area contributed by atoms with Crippen molar-refractivity contribution in [3.8, 4) is 5.75 Å². The number of carbonyl (C=O) groups is 1. The van der Waals surface area contributed by atoms with Crippen LogP contribution in [-0.4, -0.2) is 42.5 Å². The molecule has 1 aromatic rings. The maximum absolute atomic E-state index is 10.9. The molecular formula is C26H37NO8. The Morgan fingerprint density at radius 1 is 1.11 bits per heavy atom. The van der Waals surface area contributed by atoms with Crippen LogP contribution in [0.25, 0.3) is 0 Å². The Balaban J connectivity index is 0.000000243. The summed E-state index contributed by atoms with van der Waals surface area (Å²) in [6, 6.07) is 6.59. The number of fused-ring (bicyclic) bond motifs is 3. The van der Waals surface area contributed by atoms with Gasteiger partial charge in [-0.1, -0.05) is 19.9 Å². The average molecular weight is 492 g/mol. The molecule has 0 radical (unpaired) electrons. The van der Waals surface area contributed by atoms with Gasteiger partial charge in [0.25, 0.3) is 12.3 Å². The van der Waals surface area contributed by atoms with Gasteiger partial charge in [0.1, 0.15) is 5.75 Å². The fourth-order valence-electron chi connectivity index (χ4n) is 6.07. The molecule has 2 spiro atoms. The van der Waals surface area contributed by atoms with Crippen LogP contribution in [0.4, 0.5) is 5.69 Å². The van der Waals surface area contributed by atoms with Crippen LogP contribution in [0.1, 0.15) is 58.8 Å². The predicted molar refractivity (Wildman–Crippen MR) is 126 cm³/mol. The Hall–Kier alpha value is -2.01. The van der Waals surface area contributed by atoms with Gasteiger partial charge in [0.05, 0.1) is 12.2 Å². The summed E-state index contributed by atoms with van der Waals surface area (Å²) in [5.41, 5.74) is 6.32. The molecule has 35 heavy (non-hydrogen) atoms. The number of anilines is 1. The maximum atomic E-state index is 10.9. The molecule has 3 N–H and O–H groups in total. The summed E-state index contributed by atoms with van der Waals surface area (Å²) in [6.45, 7) is 5.03. The molecule has 4 atom stereocenters. The van der Waals surface area contributed by atoms with Gasteiger partial charge in [0.15, 0.2) is 0 Å². The number of carbonyl (C=O) groups excluding carboxylic acids is 1. The first-order chi connectivity index (χ1) is 16.7. The summed E-state index contributed by atoms with van der Waals surface area (Å²) in [5, 5.41) is 10.9. The van der Waals surface area contributed by atoms with Gasteiger partial charge in [0.2, 0.25) is 5.79 Å². The minimum absolute atomic E-state index is 0.0143.